The summed E-state index contributed by atoms with van der Waals surface area (Å²) in [5.41, 5.74) is 0.517. The third-order valence-corrected chi connectivity index (χ3v) is 2.10. The van der Waals surface area contributed by atoms with Gasteiger partial charge < -0.3 is 9.64 Å². The molecule has 1 aromatic rings. The number of carbonyl (C=O) groups excluding carboxylic acids is 1. The highest BCUT2D eigenvalue weighted by atomic mass is 16.5. The molecule has 0 aromatic carbocycles. The molecule has 0 fully saturated rings. The van der Waals surface area contributed by atoms with Gasteiger partial charge in [0.15, 0.2) is 0 Å². The molecule has 0 aliphatic carbocycles. The van der Waals surface area contributed by atoms with Crippen LogP contribution in [0.5, 0.6) is 5.88 Å². The van der Waals surface area contributed by atoms with Gasteiger partial charge in [0.05, 0.1) is 6.61 Å². The molecule has 82 valence electrons. The quantitative estimate of drug-likeness (QED) is 0.754. The van der Waals surface area contributed by atoms with Gasteiger partial charge in [-0.3, -0.25) is 4.79 Å². The van der Waals surface area contributed by atoms with E-state index in [4.69, 9.17) is 4.74 Å². The highest BCUT2D eigenvalue weighted by Crippen LogP contribution is 2.15. The number of amides is 1. The molecule has 0 N–H and O–H groups in total. The summed E-state index contributed by atoms with van der Waals surface area (Å²) in [5, 5.41) is 0. The molecule has 0 aliphatic rings. The molecule has 1 rings (SSSR count). The predicted octanol–water partition coefficient (Wildman–Crippen LogP) is 1.57. The second-order valence-corrected chi connectivity index (χ2v) is 3.11. The van der Waals surface area contributed by atoms with Crippen LogP contribution in [0.15, 0.2) is 18.3 Å². The largest absolute Gasteiger partial charge is 0.477 e. The van der Waals surface area contributed by atoms with Gasteiger partial charge in [-0.25, -0.2) is 4.98 Å². The Balaban J connectivity index is 2.96. The lowest BCUT2D eigenvalue weighted by Gasteiger charge is -2.15. The van der Waals surface area contributed by atoms with Crippen molar-refractivity contribution in [3.05, 3.63) is 23.9 Å². The number of nitrogens with zero attached hydrogens (tertiary/aromatic N) is 2. The van der Waals surface area contributed by atoms with Gasteiger partial charge in [0.2, 0.25) is 5.88 Å². The zero-order valence-corrected chi connectivity index (χ0v) is 9.36. The molecule has 1 aromatic heterocycles. The topological polar surface area (TPSA) is 42.4 Å². The van der Waals surface area contributed by atoms with Crippen LogP contribution >= 0.6 is 0 Å². The van der Waals surface area contributed by atoms with E-state index < -0.39 is 0 Å². The minimum Gasteiger partial charge on any atom is -0.477 e. The molecule has 0 saturated heterocycles. The number of pyridine rings is 1. The fourth-order valence-electron chi connectivity index (χ4n) is 1.15. The van der Waals surface area contributed by atoms with Crippen LogP contribution in [0.2, 0.25) is 0 Å². The first-order valence-electron chi connectivity index (χ1n) is 5.04. The summed E-state index contributed by atoms with van der Waals surface area (Å²) in [7, 11) is 1.76. The van der Waals surface area contributed by atoms with Crippen molar-refractivity contribution in [1.82, 2.24) is 9.88 Å². The number of ether oxygens (including phenoxy) is 1. The van der Waals surface area contributed by atoms with Gasteiger partial charge in [-0.05, 0) is 26.0 Å². The van der Waals surface area contributed by atoms with Crippen molar-refractivity contribution in [2.24, 2.45) is 0 Å². The van der Waals surface area contributed by atoms with Crippen molar-refractivity contribution in [1.29, 1.82) is 0 Å². The maximum Gasteiger partial charge on any atom is 0.259 e. The van der Waals surface area contributed by atoms with Crippen molar-refractivity contribution >= 4 is 5.91 Å². The number of rotatable bonds is 4. The van der Waals surface area contributed by atoms with Gasteiger partial charge in [0.25, 0.3) is 5.91 Å². The van der Waals surface area contributed by atoms with Crippen molar-refractivity contribution in [3.63, 3.8) is 0 Å². The van der Waals surface area contributed by atoms with Gasteiger partial charge in [-0.2, -0.15) is 0 Å². The fourth-order valence-corrected chi connectivity index (χ4v) is 1.15. The molecule has 0 atom stereocenters. The van der Waals surface area contributed by atoms with Gasteiger partial charge in [0.1, 0.15) is 5.56 Å². The number of aromatic nitrogens is 1. The highest BCUT2D eigenvalue weighted by Gasteiger charge is 2.15. The minimum absolute atomic E-state index is 0.0611. The maximum absolute atomic E-state index is 11.9. The maximum atomic E-state index is 11.9. The Labute approximate surface area is 89.9 Å². The number of hydrogen-bond acceptors (Lipinski definition) is 3. The Bertz CT molecular complexity index is 339. The van der Waals surface area contributed by atoms with Gasteiger partial charge in [0, 0.05) is 19.8 Å². The van der Waals surface area contributed by atoms with Crippen molar-refractivity contribution in [3.8, 4) is 5.88 Å². The van der Waals surface area contributed by atoms with Crippen LogP contribution in [0.3, 0.4) is 0 Å². The Morgan fingerprint density at radius 1 is 1.53 bits per heavy atom. The molecule has 0 unspecified atom stereocenters. The van der Waals surface area contributed by atoms with Crippen LogP contribution < -0.4 is 4.74 Å². The lowest BCUT2D eigenvalue weighted by molar-refractivity contribution is 0.0797. The van der Waals surface area contributed by atoms with Gasteiger partial charge in [-0.1, -0.05) is 0 Å². The zero-order chi connectivity index (χ0) is 11.3. The second kappa shape index (κ2) is 5.34. The smallest absolute Gasteiger partial charge is 0.259 e. The first-order valence-corrected chi connectivity index (χ1v) is 5.04. The molecule has 1 heterocycles. The number of hydrogen-bond donors (Lipinski definition) is 0. The molecule has 0 spiro atoms. The van der Waals surface area contributed by atoms with E-state index >= 15 is 0 Å². The van der Waals surface area contributed by atoms with E-state index in [0.29, 0.717) is 24.6 Å². The van der Waals surface area contributed by atoms with E-state index in [2.05, 4.69) is 4.98 Å². The van der Waals surface area contributed by atoms with E-state index in [0.717, 1.165) is 0 Å². The van der Waals surface area contributed by atoms with Gasteiger partial charge in [-0.15, -0.1) is 0 Å². The van der Waals surface area contributed by atoms with Crippen LogP contribution in [0.4, 0.5) is 0 Å². The normalized spacial score (nSPS) is 9.80. The van der Waals surface area contributed by atoms with E-state index in [9.17, 15) is 4.79 Å². The minimum atomic E-state index is -0.0611. The summed E-state index contributed by atoms with van der Waals surface area (Å²) in [6, 6.07) is 3.46. The number of carbonyl (C=O) groups is 1. The standard InChI is InChI=1S/C11H16N2O2/c1-4-13(3)11(14)9-7-6-8-12-10(9)15-5-2/h6-8H,4-5H2,1-3H3. The van der Waals surface area contributed by atoms with Crippen molar-refractivity contribution < 1.29 is 9.53 Å². The zero-order valence-electron chi connectivity index (χ0n) is 9.36. The molecular weight excluding hydrogens is 192 g/mol. The summed E-state index contributed by atoms with van der Waals surface area (Å²) < 4.78 is 5.29. The molecule has 4 nitrogen and oxygen atoms in total. The molecule has 0 radical (unpaired) electrons. The molecular formula is C11H16N2O2. The lowest BCUT2D eigenvalue weighted by Crippen LogP contribution is -2.26. The predicted molar refractivity (Wildman–Crippen MR) is 58.0 cm³/mol. The molecule has 1 amide bonds. The SMILES string of the molecule is CCOc1ncccc1C(=O)N(C)CC. The van der Waals surface area contributed by atoms with Crippen LogP contribution in [0.25, 0.3) is 0 Å². The summed E-state index contributed by atoms with van der Waals surface area (Å²) in [4.78, 5) is 17.5. The highest BCUT2D eigenvalue weighted by molar-refractivity contribution is 5.96. The summed E-state index contributed by atoms with van der Waals surface area (Å²) in [5.74, 6) is 0.347. The summed E-state index contributed by atoms with van der Waals surface area (Å²) in [6.45, 7) is 4.97. The van der Waals surface area contributed by atoms with E-state index in [1.807, 2.05) is 13.8 Å². The summed E-state index contributed by atoms with van der Waals surface area (Å²) >= 11 is 0. The molecule has 0 aliphatic heterocycles. The Hall–Kier alpha value is -1.58. The fraction of sp³-hybridized carbons (Fsp3) is 0.455. The Kier molecular flexibility index (Phi) is 4.09. The third kappa shape index (κ3) is 2.68. The molecule has 15 heavy (non-hydrogen) atoms. The second-order valence-electron chi connectivity index (χ2n) is 3.11. The Morgan fingerprint density at radius 2 is 2.27 bits per heavy atom. The van der Waals surface area contributed by atoms with E-state index in [-0.39, 0.29) is 5.91 Å². The molecule has 4 heteroatoms. The average Bonchev–Trinajstić information content (AvgIpc) is 2.28. The summed E-state index contributed by atoms with van der Waals surface area (Å²) in [6.07, 6.45) is 1.62. The Morgan fingerprint density at radius 3 is 2.87 bits per heavy atom. The molecule has 0 bridgehead atoms. The van der Waals surface area contributed by atoms with Gasteiger partial charge >= 0.3 is 0 Å². The average molecular weight is 208 g/mol. The van der Waals surface area contributed by atoms with E-state index in [1.165, 1.54) is 0 Å². The first-order chi connectivity index (χ1) is 7.20. The monoisotopic (exact) mass is 208 g/mol. The first kappa shape index (κ1) is 11.5. The van der Waals surface area contributed by atoms with Crippen LogP contribution in [0.1, 0.15) is 24.2 Å². The van der Waals surface area contributed by atoms with Crippen molar-refractivity contribution in [2.45, 2.75) is 13.8 Å². The lowest BCUT2D eigenvalue weighted by atomic mass is 10.2. The van der Waals surface area contributed by atoms with E-state index in [1.54, 1.807) is 30.3 Å². The molecule has 0 saturated carbocycles. The third-order valence-electron chi connectivity index (χ3n) is 2.10. The van der Waals surface area contributed by atoms with Crippen LogP contribution in [0, 0.1) is 0 Å². The van der Waals surface area contributed by atoms with Crippen LogP contribution in [-0.4, -0.2) is 36.0 Å². The van der Waals surface area contributed by atoms with Crippen LogP contribution in [-0.2, 0) is 0 Å². The van der Waals surface area contributed by atoms with Crippen molar-refractivity contribution in [2.75, 3.05) is 20.2 Å².